The van der Waals surface area contributed by atoms with Crippen molar-refractivity contribution in [2.45, 2.75) is 45.2 Å². The molecule has 2 aromatic carbocycles. The van der Waals surface area contributed by atoms with E-state index in [0.29, 0.717) is 0 Å². The molecule has 3 heteroatoms. The second-order valence-electron chi connectivity index (χ2n) is 6.71. The highest BCUT2D eigenvalue weighted by Crippen LogP contribution is 2.24. The average Bonchev–Trinajstić information content (AvgIpc) is 2.57. The Kier molecular flexibility index (Phi) is 4.96. The average molecular weight is 324 g/mol. The fourth-order valence-corrected chi connectivity index (χ4v) is 5.58. The van der Waals surface area contributed by atoms with E-state index in [1.807, 2.05) is 36.4 Å². The van der Waals surface area contributed by atoms with E-state index >= 15 is 0 Å². The van der Waals surface area contributed by atoms with Gasteiger partial charge in [0.2, 0.25) is 8.24 Å². The fraction of sp³-hybridized carbons (Fsp3) is 0.350. The van der Waals surface area contributed by atoms with Gasteiger partial charge in [-0.05, 0) is 57.0 Å². The van der Waals surface area contributed by atoms with Crippen LogP contribution in [0.3, 0.4) is 0 Å². The zero-order valence-corrected chi connectivity index (χ0v) is 15.1. The minimum absolute atomic E-state index is 0.884. The molecule has 0 N–H and O–H groups in total. The summed E-state index contributed by atoms with van der Waals surface area (Å²) in [5.41, 5.74) is 1.42. The van der Waals surface area contributed by atoms with Gasteiger partial charge in [0.1, 0.15) is 11.5 Å². The predicted molar refractivity (Wildman–Crippen MR) is 101 cm³/mol. The van der Waals surface area contributed by atoms with Crippen LogP contribution in [0.15, 0.2) is 59.3 Å². The minimum atomic E-state index is -1.90. The number of hydrogen-bond donors (Lipinski definition) is 0. The second-order valence-corrected chi connectivity index (χ2v) is 10.6. The van der Waals surface area contributed by atoms with Gasteiger partial charge in [-0.3, -0.25) is 0 Å². The third kappa shape index (κ3) is 4.11. The van der Waals surface area contributed by atoms with Crippen LogP contribution in [0.2, 0.25) is 13.1 Å². The lowest BCUT2D eigenvalue weighted by molar-refractivity contribution is 0.486. The first-order valence-corrected chi connectivity index (χ1v) is 11.5. The molecule has 0 amide bonds. The van der Waals surface area contributed by atoms with Gasteiger partial charge in [0.05, 0.1) is 0 Å². The molecule has 120 valence electrons. The van der Waals surface area contributed by atoms with Gasteiger partial charge >= 0.3 is 0 Å². The SMILES string of the molecule is C[Si](C)(N=C1CCCCC1)c1ccccc1Oc1ccccc1. The van der Waals surface area contributed by atoms with Crippen LogP contribution in [-0.2, 0) is 0 Å². The molecule has 0 atom stereocenters. The summed E-state index contributed by atoms with van der Waals surface area (Å²) in [6.45, 7) is 4.64. The number of rotatable bonds is 4. The molecule has 0 bridgehead atoms. The Balaban J connectivity index is 1.89. The highest BCUT2D eigenvalue weighted by atomic mass is 28.3. The van der Waals surface area contributed by atoms with Crippen LogP contribution in [0.25, 0.3) is 0 Å². The van der Waals surface area contributed by atoms with Gasteiger partial charge in [-0.1, -0.05) is 42.8 Å². The number of ether oxygens (including phenoxy) is 1. The quantitative estimate of drug-likeness (QED) is 0.700. The molecule has 0 aromatic heterocycles. The molecule has 1 aliphatic carbocycles. The van der Waals surface area contributed by atoms with Crippen molar-refractivity contribution in [3.8, 4) is 11.5 Å². The first kappa shape index (κ1) is 16.0. The van der Waals surface area contributed by atoms with Crippen LogP contribution in [0.1, 0.15) is 32.1 Å². The van der Waals surface area contributed by atoms with Crippen molar-refractivity contribution in [2.75, 3.05) is 0 Å². The molecule has 1 saturated carbocycles. The maximum Gasteiger partial charge on any atom is 0.209 e. The summed E-state index contributed by atoms with van der Waals surface area (Å²) in [6.07, 6.45) is 6.31. The van der Waals surface area contributed by atoms with E-state index in [0.717, 1.165) is 11.5 Å². The molecular formula is C20H25NOSi. The topological polar surface area (TPSA) is 21.6 Å². The van der Waals surface area contributed by atoms with Crippen molar-refractivity contribution in [2.24, 2.45) is 4.66 Å². The standard InChI is InChI=1S/C20H25NOSi/c1-23(2,21-17-11-5-3-6-12-17)20-16-10-9-15-19(20)22-18-13-7-4-8-14-18/h4,7-10,13-16H,3,5-6,11-12H2,1-2H3. The molecular weight excluding hydrogens is 298 g/mol. The summed E-state index contributed by atoms with van der Waals surface area (Å²) in [5, 5.41) is 1.28. The van der Waals surface area contributed by atoms with E-state index in [1.165, 1.54) is 43.0 Å². The first-order chi connectivity index (χ1) is 11.1. The van der Waals surface area contributed by atoms with Gasteiger partial charge in [-0.15, -0.1) is 0 Å². The van der Waals surface area contributed by atoms with Crippen molar-refractivity contribution in [1.29, 1.82) is 0 Å². The largest absolute Gasteiger partial charge is 0.457 e. The molecule has 23 heavy (non-hydrogen) atoms. The van der Waals surface area contributed by atoms with Crippen LogP contribution in [0, 0.1) is 0 Å². The second kappa shape index (κ2) is 7.13. The maximum atomic E-state index is 6.15. The third-order valence-corrected chi connectivity index (χ3v) is 6.99. The van der Waals surface area contributed by atoms with Crippen molar-refractivity contribution in [3.63, 3.8) is 0 Å². The van der Waals surface area contributed by atoms with E-state index < -0.39 is 8.24 Å². The Hall–Kier alpha value is -1.87. The molecule has 0 saturated heterocycles. The number of nitrogens with zero attached hydrogens (tertiary/aromatic N) is 1. The van der Waals surface area contributed by atoms with Crippen molar-refractivity contribution < 1.29 is 4.74 Å². The lowest BCUT2D eigenvalue weighted by atomic mass is 9.99. The predicted octanol–water partition coefficient (Wildman–Crippen LogP) is 5.30. The summed E-state index contributed by atoms with van der Waals surface area (Å²) in [7, 11) is -1.90. The van der Waals surface area contributed by atoms with Crippen molar-refractivity contribution in [1.82, 2.24) is 0 Å². The van der Waals surface area contributed by atoms with Crippen molar-refractivity contribution >= 4 is 19.1 Å². The van der Waals surface area contributed by atoms with Gasteiger partial charge in [0.15, 0.2) is 0 Å². The van der Waals surface area contributed by atoms with Gasteiger partial charge in [-0.2, -0.15) is 0 Å². The molecule has 3 rings (SSSR count). The highest BCUT2D eigenvalue weighted by Gasteiger charge is 2.28. The molecule has 0 spiro atoms. The Morgan fingerprint density at radius 2 is 1.48 bits per heavy atom. The van der Waals surface area contributed by atoms with E-state index in [9.17, 15) is 0 Å². The lowest BCUT2D eigenvalue weighted by Gasteiger charge is -2.24. The summed E-state index contributed by atoms with van der Waals surface area (Å²) in [5.74, 6) is 1.84. The first-order valence-electron chi connectivity index (χ1n) is 8.55. The minimum Gasteiger partial charge on any atom is -0.457 e. The summed E-state index contributed by atoms with van der Waals surface area (Å²) >= 11 is 0. The van der Waals surface area contributed by atoms with E-state index in [1.54, 1.807) is 0 Å². The van der Waals surface area contributed by atoms with Crippen LogP contribution >= 0.6 is 0 Å². The van der Waals surface area contributed by atoms with Gasteiger partial charge < -0.3 is 9.39 Å². The molecule has 1 fully saturated rings. The summed E-state index contributed by atoms with van der Waals surface area (Å²) in [6, 6.07) is 18.4. The summed E-state index contributed by atoms with van der Waals surface area (Å²) < 4.78 is 11.4. The van der Waals surface area contributed by atoms with Crippen LogP contribution in [0.4, 0.5) is 0 Å². The van der Waals surface area contributed by atoms with E-state index in [-0.39, 0.29) is 0 Å². The fourth-order valence-electron chi connectivity index (χ4n) is 3.20. The van der Waals surface area contributed by atoms with Crippen molar-refractivity contribution in [3.05, 3.63) is 54.6 Å². The van der Waals surface area contributed by atoms with Crippen LogP contribution in [0.5, 0.6) is 11.5 Å². The third-order valence-electron chi connectivity index (χ3n) is 4.39. The highest BCUT2D eigenvalue weighted by molar-refractivity contribution is 6.89. The van der Waals surface area contributed by atoms with Crippen LogP contribution in [-0.4, -0.2) is 13.9 Å². The lowest BCUT2D eigenvalue weighted by Crippen LogP contribution is -2.41. The maximum absolute atomic E-state index is 6.15. The molecule has 0 aliphatic heterocycles. The smallest absolute Gasteiger partial charge is 0.209 e. The Morgan fingerprint density at radius 1 is 0.826 bits per heavy atom. The normalized spacial score (nSPS) is 15.3. The summed E-state index contributed by atoms with van der Waals surface area (Å²) in [4.78, 5) is 0. The Morgan fingerprint density at radius 3 is 2.22 bits per heavy atom. The number of para-hydroxylation sites is 2. The Labute approximate surface area is 140 Å². The zero-order valence-electron chi connectivity index (χ0n) is 14.1. The van der Waals surface area contributed by atoms with Gasteiger partial charge in [-0.25, -0.2) is 0 Å². The van der Waals surface area contributed by atoms with Gasteiger partial charge in [0.25, 0.3) is 0 Å². The van der Waals surface area contributed by atoms with Crippen LogP contribution < -0.4 is 9.92 Å². The Bertz CT molecular complexity index is 671. The zero-order chi connectivity index (χ0) is 16.1. The number of benzene rings is 2. The molecule has 0 heterocycles. The molecule has 0 unspecified atom stereocenters. The monoisotopic (exact) mass is 323 g/mol. The van der Waals surface area contributed by atoms with E-state index in [4.69, 9.17) is 9.39 Å². The molecule has 2 nitrogen and oxygen atoms in total. The molecule has 0 radical (unpaired) electrons. The number of hydrogen-bond acceptors (Lipinski definition) is 2. The molecule has 2 aromatic rings. The van der Waals surface area contributed by atoms with Gasteiger partial charge in [0, 0.05) is 10.9 Å². The van der Waals surface area contributed by atoms with E-state index in [2.05, 4.69) is 31.3 Å². The molecule has 1 aliphatic rings.